The fourth-order valence-corrected chi connectivity index (χ4v) is 5.04. The van der Waals surface area contributed by atoms with E-state index in [0.29, 0.717) is 35.8 Å². The van der Waals surface area contributed by atoms with Crippen LogP contribution in [-0.4, -0.2) is 55.0 Å². The number of halogens is 4. The molecule has 0 unspecified atom stereocenters. The summed E-state index contributed by atoms with van der Waals surface area (Å²) in [6.07, 6.45) is -2.12. The van der Waals surface area contributed by atoms with Gasteiger partial charge in [-0.15, -0.1) is 0 Å². The highest BCUT2D eigenvalue weighted by Gasteiger charge is 2.57. The van der Waals surface area contributed by atoms with Crippen molar-refractivity contribution >= 4 is 17.2 Å². The van der Waals surface area contributed by atoms with E-state index in [1.165, 1.54) is 30.5 Å². The Morgan fingerprint density at radius 3 is 2.51 bits per heavy atom. The maximum Gasteiger partial charge on any atom is 0.437 e. The van der Waals surface area contributed by atoms with Crippen LogP contribution in [0.3, 0.4) is 0 Å². The summed E-state index contributed by atoms with van der Waals surface area (Å²) < 4.78 is 59.8. The second kappa shape index (κ2) is 8.49. The van der Waals surface area contributed by atoms with E-state index in [9.17, 15) is 22.4 Å². The number of aromatic nitrogens is 5. The maximum atomic E-state index is 13.3. The quantitative estimate of drug-likeness (QED) is 0.376. The van der Waals surface area contributed by atoms with Crippen LogP contribution in [-0.2, 0) is 13.2 Å². The zero-order valence-corrected chi connectivity index (χ0v) is 19.5. The molecule has 1 amide bonds. The first-order valence-electron chi connectivity index (χ1n) is 11.6. The van der Waals surface area contributed by atoms with E-state index in [2.05, 4.69) is 19.9 Å². The lowest BCUT2D eigenvalue weighted by Gasteiger charge is -2.20. The number of carbonyl (C=O) groups excluding carboxylic acids is 1. The minimum Gasteiger partial charge on any atom is -0.491 e. The van der Waals surface area contributed by atoms with Crippen LogP contribution in [0.5, 0.6) is 5.75 Å². The molecule has 1 aromatic carbocycles. The fraction of sp³-hybridized carbons (Fsp3) is 0.320. The molecule has 37 heavy (non-hydrogen) atoms. The standard InChI is InChI=1S/C25H20F4N6O2/c1-34-22(13-4-6-14(26)7-5-13)33-21-23(34)32-18(9-31-21)24(36)35-10-15-16(11-35)17(15)12-37-19-3-2-8-30-20(19)25(27,28)29/h2-9,15-17H,10-12H2,1H3/t15-,16+,17-. The van der Waals surface area contributed by atoms with Gasteiger partial charge in [0.05, 0.1) is 12.8 Å². The molecule has 3 atom stereocenters. The lowest BCUT2D eigenvalue weighted by Crippen LogP contribution is -2.33. The van der Waals surface area contributed by atoms with Gasteiger partial charge in [0, 0.05) is 37.8 Å². The summed E-state index contributed by atoms with van der Waals surface area (Å²) >= 11 is 0. The van der Waals surface area contributed by atoms with Crippen LogP contribution in [0, 0.1) is 23.6 Å². The zero-order chi connectivity index (χ0) is 25.9. The number of hydrogen-bond donors (Lipinski definition) is 0. The van der Waals surface area contributed by atoms with Gasteiger partial charge in [-0.05, 0) is 48.2 Å². The van der Waals surface area contributed by atoms with Crippen LogP contribution < -0.4 is 4.74 Å². The molecule has 0 N–H and O–H groups in total. The molecule has 2 aliphatic rings. The Bertz CT molecular complexity index is 1490. The number of ether oxygens (including phenoxy) is 1. The summed E-state index contributed by atoms with van der Waals surface area (Å²) in [6.45, 7) is 1.09. The SMILES string of the molecule is Cn1c(-c2ccc(F)cc2)nc2ncc(C(=O)N3C[C@@H]4[C@H](COc5cccnc5C(F)(F)F)[C@@H]4C3)nc21. The van der Waals surface area contributed by atoms with Gasteiger partial charge in [0.2, 0.25) is 0 Å². The highest BCUT2D eigenvalue weighted by Crippen LogP contribution is 2.52. The van der Waals surface area contributed by atoms with Crippen LogP contribution in [0.2, 0.25) is 0 Å². The van der Waals surface area contributed by atoms with Crippen molar-refractivity contribution in [3.63, 3.8) is 0 Å². The molecular weight excluding hydrogens is 492 g/mol. The van der Waals surface area contributed by atoms with E-state index >= 15 is 0 Å². The lowest BCUT2D eigenvalue weighted by atomic mass is 10.2. The Labute approximate surface area is 207 Å². The summed E-state index contributed by atoms with van der Waals surface area (Å²) in [7, 11) is 1.75. The average Bonchev–Trinajstić information content (AvgIpc) is 3.18. The number of pyridine rings is 1. The Hall–Kier alpha value is -4.09. The van der Waals surface area contributed by atoms with E-state index in [4.69, 9.17) is 4.74 Å². The number of alkyl halides is 3. The number of nitrogens with zero attached hydrogens (tertiary/aromatic N) is 6. The smallest absolute Gasteiger partial charge is 0.437 e. The molecule has 4 aromatic rings. The summed E-state index contributed by atoms with van der Waals surface area (Å²) in [5, 5.41) is 0. The maximum absolute atomic E-state index is 13.3. The number of rotatable bonds is 5. The van der Waals surface area contributed by atoms with E-state index < -0.39 is 11.9 Å². The molecule has 2 fully saturated rings. The number of carbonyl (C=O) groups is 1. The number of amides is 1. The van der Waals surface area contributed by atoms with Gasteiger partial charge < -0.3 is 14.2 Å². The molecule has 0 radical (unpaired) electrons. The summed E-state index contributed by atoms with van der Waals surface area (Å²) in [6, 6.07) is 8.57. The van der Waals surface area contributed by atoms with Crippen LogP contribution >= 0.6 is 0 Å². The zero-order valence-electron chi connectivity index (χ0n) is 19.5. The van der Waals surface area contributed by atoms with Crippen LogP contribution in [0.25, 0.3) is 22.7 Å². The molecule has 0 spiro atoms. The largest absolute Gasteiger partial charge is 0.491 e. The molecule has 6 rings (SSSR count). The Balaban J connectivity index is 1.11. The first-order chi connectivity index (χ1) is 17.7. The van der Waals surface area contributed by atoms with Crippen LogP contribution in [0.15, 0.2) is 48.8 Å². The van der Waals surface area contributed by atoms with Crippen molar-refractivity contribution in [2.45, 2.75) is 6.18 Å². The number of benzene rings is 1. The van der Waals surface area contributed by atoms with Gasteiger partial charge in [0.15, 0.2) is 17.0 Å². The van der Waals surface area contributed by atoms with Crippen LogP contribution in [0.4, 0.5) is 17.6 Å². The normalized spacial score (nSPS) is 20.8. The molecule has 4 heterocycles. The molecule has 190 valence electrons. The molecule has 3 aromatic heterocycles. The molecule has 0 bridgehead atoms. The van der Waals surface area contributed by atoms with Crippen LogP contribution in [0.1, 0.15) is 16.2 Å². The van der Waals surface area contributed by atoms with Crippen molar-refractivity contribution < 1.29 is 27.1 Å². The number of imidazole rings is 1. The van der Waals surface area contributed by atoms with Crippen molar-refractivity contribution in [1.82, 2.24) is 29.4 Å². The predicted octanol–water partition coefficient (Wildman–Crippen LogP) is 3.98. The monoisotopic (exact) mass is 512 g/mol. The fourth-order valence-electron chi connectivity index (χ4n) is 5.04. The molecule has 1 aliphatic carbocycles. The first-order valence-corrected chi connectivity index (χ1v) is 11.6. The first kappa shape index (κ1) is 23.3. The van der Waals surface area contributed by atoms with E-state index in [0.717, 1.165) is 6.20 Å². The van der Waals surface area contributed by atoms with Gasteiger partial charge in [-0.3, -0.25) is 4.79 Å². The third-order valence-electron chi connectivity index (χ3n) is 7.03. The number of aryl methyl sites for hydroxylation is 1. The van der Waals surface area contributed by atoms with Gasteiger partial charge in [-0.1, -0.05) is 0 Å². The van der Waals surface area contributed by atoms with E-state index in [-0.39, 0.29) is 47.5 Å². The van der Waals surface area contributed by atoms with Crippen molar-refractivity contribution in [3.8, 4) is 17.1 Å². The van der Waals surface area contributed by atoms with Crippen molar-refractivity contribution in [1.29, 1.82) is 0 Å². The minimum absolute atomic E-state index is 0.0780. The summed E-state index contributed by atoms with van der Waals surface area (Å²) in [5.74, 6) is 0.0422. The molecule has 1 aliphatic heterocycles. The number of piperidine rings is 1. The second-order valence-corrected chi connectivity index (χ2v) is 9.26. The van der Waals surface area contributed by atoms with Gasteiger partial charge in [-0.2, -0.15) is 13.2 Å². The van der Waals surface area contributed by atoms with E-state index in [1.807, 2.05) is 0 Å². The summed E-state index contributed by atoms with van der Waals surface area (Å²) in [4.78, 5) is 31.4. The third kappa shape index (κ3) is 4.15. The molecule has 1 saturated carbocycles. The van der Waals surface area contributed by atoms with Gasteiger partial charge >= 0.3 is 6.18 Å². The highest BCUT2D eigenvalue weighted by molar-refractivity contribution is 5.93. The number of fused-ring (bicyclic) bond motifs is 2. The average molecular weight is 512 g/mol. The molecule has 1 saturated heterocycles. The Morgan fingerprint density at radius 2 is 1.81 bits per heavy atom. The molecule has 12 heteroatoms. The van der Waals surface area contributed by atoms with Gasteiger partial charge in [0.1, 0.15) is 23.1 Å². The minimum atomic E-state index is -4.59. The summed E-state index contributed by atoms with van der Waals surface area (Å²) in [5.41, 5.74) is 0.633. The second-order valence-electron chi connectivity index (χ2n) is 9.26. The highest BCUT2D eigenvalue weighted by atomic mass is 19.4. The Morgan fingerprint density at radius 1 is 1.08 bits per heavy atom. The van der Waals surface area contributed by atoms with Crippen molar-refractivity contribution in [2.24, 2.45) is 24.8 Å². The van der Waals surface area contributed by atoms with Crippen molar-refractivity contribution in [2.75, 3.05) is 19.7 Å². The van der Waals surface area contributed by atoms with Gasteiger partial charge in [-0.25, -0.2) is 24.3 Å². The van der Waals surface area contributed by atoms with Crippen molar-refractivity contribution in [3.05, 3.63) is 66.0 Å². The third-order valence-corrected chi connectivity index (χ3v) is 7.03. The Kier molecular flexibility index (Phi) is 5.35. The number of hydrogen-bond acceptors (Lipinski definition) is 6. The predicted molar refractivity (Wildman–Crippen MR) is 123 cm³/mol. The number of likely N-dealkylation sites (tertiary alicyclic amines) is 1. The molecule has 8 nitrogen and oxygen atoms in total. The topological polar surface area (TPSA) is 86.0 Å². The molecular formula is C25H20F4N6O2. The van der Waals surface area contributed by atoms with Gasteiger partial charge in [0.25, 0.3) is 5.91 Å². The van der Waals surface area contributed by atoms with E-state index in [1.54, 1.807) is 28.6 Å². The lowest BCUT2D eigenvalue weighted by molar-refractivity contribution is -0.142.